The van der Waals surface area contributed by atoms with Gasteiger partial charge in [0.2, 0.25) is 5.91 Å². The molecule has 0 aromatic heterocycles. The summed E-state index contributed by atoms with van der Waals surface area (Å²) in [6.07, 6.45) is 1.60. The molecule has 41 heavy (non-hydrogen) atoms. The molecule has 1 N–H and O–H groups in total. The van der Waals surface area contributed by atoms with Crippen LogP contribution in [-0.4, -0.2) is 41.7 Å². The number of nitrogens with one attached hydrogen (secondary N) is 1. The fraction of sp³-hybridized carbons (Fsp3) is 0.207. The Morgan fingerprint density at radius 2 is 1.71 bits per heavy atom. The Balaban J connectivity index is 1.46. The van der Waals surface area contributed by atoms with E-state index in [1.807, 2.05) is 26.0 Å². The second-order valence-corrected chi connectivity index (χ2v) is 11.5. The van der Waals surface area contributed by atoms with Crippen molar-refractivity contribution in [2.24, 2.45) is 0 Å². The monoisotopic (exact) mass is 726 g/mol. The number of thioether (sulfide) groups is 1. The van der Waals surface area contributed by atoms with E-state index < -0.39 is 23.6 Å². The number of anilines is 1. The van der Waals surface area contributed by atoms with E-state index in [0.29, 0.717) is 51.8 Å². The van der Waals surface area contributed by atoms with E-state index in [0.717, 1.165) is 25.8 Å². The molecule has 0 radical (unpaired) electrons. The zero-order valence-corrected chi connectivity index (χ0v) is 26.5. The van der Waals surface area contributed by atoms with Gasteiger partial charge in [-0.15, -0.1) is 0 Å². The first kappa shape index (κ1) is 31.0. The first-order valence-electron chi connectivity index (χ1n) is 12.5. The summed E-state index contributed by atoms with van der Waals surface area (Å²) in [5, 5.41) is 3.07. The number of amides is 3. The second kappa shape index (κ2) is 14.3. The van der Waals surface area contributed by atoms with Crippen LogP contribution in [0.4, 0.5) is 10.5 Å². The minimum Gasteiger partial charge on any atom is -0.494 e. The van der Waals surface area contributed by atoms with E-state index in [4.69, 9.17) is 37.4 Å². The fourth-order valence-corrected chi connectivity index (χ4v) is 5.73. The molecule has 0 aliphatic carbocycles. The van der Waals surface area contributed by atoms with Crippen LogP contribution in [0.15, 0.2) is 59.5 Å². The highest BCUT2D eigenvalue weighted by Crippen LogP contribution is 2.38. The van der Waals surface area contributed by atoms with Gasteiger partial charge in [-0.05, 0) is 114 Å². The van der Waals surface area contributed by atoms with Gasteiger partial charge < -0.3 is 19.5 Å². The standard InChI is InChI=1S/C29H25Cl2IN2O6S/c1-3-38-20-8-6-19(7-9-20)33-26(35)15-34-28(36)25(41-29(34)37)14-18-12-23(32)27(24(13-18)39-4-2)40-16-17-5-10-21(30)22(31)11-17/h5-14H,3-4,15-16H2,1-2H3,(H,33,35)/b25-14+. The molecule has 1 heterocycles. The van der Waals surface area contributed by atoms with Crippen LogP contribution in [0.1, 0.15) is 25.0 Å². The van der Waals surface area contributed by atoms with Crippen LogP contribution < -0.4 is 19.5 Å². The van der Waals surface area contributed by atoms with Crippen molar-refractivity contribution in [3.63, 3.8) is 0 Å². The number of halogens is 3. The van der Waals surface area contributed by atoms with Gasteiger partial charge in [0, 0.05) is 5.69 Å². The van der Waals surface area contributed by atoms with E-state index in [9.17, 15) is 14.4 Å². The quantitative estimate of drug-likeness (QED) is 0.160. The van der Waals surface area contributed by atoms with Gasteiger partial charge in [0.25, 0.3) is 11.1 Å². The average molecular weight is 727 g/mol. The second-order valence-electron chi connectivity index (χ2n) is 8.57. The summed E-state index contributed by atoms with van der Waals surface area (Å²) < 4.78 is 18.0. The number of ether oxygens (including phenoxy) is 3. The predicted octanol–water partition coefficient (Wildman–Crippen LogP) is 7.65. The van der Waals surface area contributed by atoms with Crippen molar-refractivity contribution in [1.29, 1.82) is 0 Å². The number of benzene rings is 3. The zero-order chi connectivity index (χ0) is 29.5. The Kier molecular flexibility index (Phi) is 10.8. The Morgan fingerprint density at radius 3 is 2.39 bits per heavy atom. The van der Waals surface area contributed by atoms with E-state index in [2.05, 4.69) is 27.9 Å². The fourth-order valence-electron chi connectivity index (χ4n) is 3.79. The van der Waals surface area contributed by atoms with E-state index in [-0.39, 0.29) is 11.5 Å². The van der Waals surface area contributed by atoms with E-state index in [1.165, 1.54) is 0 Å². The maximum absolute atomic E-state index is 13.0. The molecule has 4 rings (SSSR count). The lowest BCUT2D eigenvalue weighted by molar-refractivity contribution is -0.127. The summed E-state index contributed by atoms with van der Waals surface area (Å²) in [7, 11) is 0. The summed E-state index contributed by atoms with van der Waals surface area (Å²) >= 11 is 15.0. The molecule has 0 spiro atoms. The number of hydrogen-bond donors (Lipinski definition) is 1. The van der Waals surface area contributed by atoms with Crippen molar-refractivity contribution in [1.82, 2.24) is 4.90 Å². The molecule has 0 atom stereocenters. The van der Waals surface area contributed by atoms with E-state index in [1.54, 1.807) is 48.5 Å². The van der Waals surface area contributed by atoms with Crippen LogP contribution in [0.25, 0.3) is 6.08 Å². The highest BCUT2D eigenvalue weighted by molar-refractivity contribution is 14.1. The lowest BCUT2D eigenvalue weighted by Gasteiger charge is -2.15. The van der Waals surface area contributed by atoms with Gasteiger partial charge in [-0.25, -0.2) is 0 Å². The highest BCUT2D eigenvalue weighted by atomic mass is 127. The van der Waals surface area contributed by atoms with Crippen LogP contribution in [0.2, 0.25) is 10.0 Å². The van der Waals surface area contributed by atoms with E-state index >= 15 is 0 Å². The van der Waals surface area contributed by atoms with Crippen molar-refractivity contribution in [3.05, 3.63) is 84.2 Å². The van der Waals surface area contributed by atoms with Gasteiger partial charge in [-0.1, -0.05) is 29.3 Å². The normalized spacial score (nSPS) is 14.0. The van der Waals surface area contributed by atoms with Gasteiger partial charge >= 0.3 is 0 Å². The molecule has 214 valence electrons. The first-order valence-corrected chi connectivity index (χ1v) is 15.1. The maximum atomic E-state index is 13.0. The third-order valence-electron chi connectivity index (χ3n) is 5.62. The van der Waals surface area contributed by atoms with Crippen LogP contribution >= 0.6 is 57.6 Å². The molecule has 1 aliphatic heterocycles. The summed E-state index contributed by atoms with van der Waals surface area (Å²) in [6, 6.07) is 15.6. The number of carbonyl (C=O) groups is 3. The third-order valence-corrected chi connectivity index (χ3v) is 8.07. The van der Waals surface area contributed by atoms with Gasteiger partial charge in [0.1, 0.15) is 18.9 Å². The van der Waals surface area contributed by atoms with Crippen molar-refractivity contribution < 1.29 is 28.6 Å². The molecule has 8 nitrogen and oxygen atoms in total. The molecule has 3 amide bonds. The minimum atomic E-state index is -0.547. The van der Waals surface area contributed by atoms with Crippen LogP contribution in [0, 0.1) is 3.57 Å². The van der Waals surface area contributed by atoms with Gasteiger partial charge in [0.15, 0.2) is 11.5 Å². The smallest absolute Gasteiger partial charge is 0.294 e. The lowest BCUT2D eigenvalue weighted by atomic mass is 10.1. The Hall–Kier alpha value is -2.93. The minimum absolute atomic E-state index is 0.201. The summed E-state index contributed by atoms with van der Waals surface area (Å²) in [4.78, 5) is 39.3. The summed E-state index contributed by atoms with van der Waals surface area (Å²) in [5.41, 5.74) is 2.01. The molecular formula is C29H25Cl2IN2O6S. The zero-order valence-electron chi connectivity index (χ0n) is 22.0. The molecule has 1 saturated heterocycles. The largest absolute Gasteiger partial charge is 0.494 e. The number of imide groups is 1. The third kappa shape index (κ3) is 8.09. The Bertz CT molecular complexity index is 1500. The molecule has 3 aromatic carbocycles. The number of carbonyl (C=O) groups excluding carboxylic acids is 3. The van der Waals surface area contributed by atoms with Crippen LogP contribution in [0.5, 0.6) is 17.2 Å². The molecule has 0 bridgehead atoms. The molecule has 0 saturated carbocycles. The van der Waals surface area contributed by atoms with Crippen LogP contribution in [0.3, 0.4) is 0 Å². The highest BCUT2D eigenvalue weighted by Gasteiger charge is 2.36. The molecular weight excluding hydrogens is 702 g/mol. The average Bonchev–Trinajstić information content (AvgIpc) is 3.18. The Morgan fingerprint density at radius 1 is 0.976 bits per heavy atom. The lowest BCUT2D eigenvalue weighted by Crippen LogP contribution is -2.36. The van der Waals surface area contributed by atoms with Crippen molar-refractivity contribution in [3.8, 4) is 17.2 Å². The van der Waals surface area contributed by atoms with Crippen LogP contribution in [-0.2, 0) is 16.2 Å². The maximum Gasteiger partial charge on any atom is 0.294 e. The Labute approximate surface area is 265 Å². The van der Waals surface area contributed by atoms with Gasteiger partial charge in [0.05, 0.1) is 31.7 Å². The summed E-state index contributed by atoms with van der Waals surface area (Å²) in [6.45, 7) is 4.49. The van der Waals surface area contributed by atoms with Crippen molar-refractivity contribution in [2.45, 2.75) is 20.5 Å². The molecule has 0 unspecified atom stereocenters. The number of rotatable bonds is 11. The van der Waals surface area contributed by atoms with Gasteiger partial charge in [-0.3, -0.25) is 19.3 Å². The van der Waals surface area contributed by atoms with Crippen molar-refractivity contribution in [2.75, 3.05) is 25.1 Å². The van der Waals surface area contributed by atoms with Crippen molar-refractivity contribution >= 4 is 86.4 Å². The molecule has 12 heteroatoms. The first-order chi connectivity index (χ1) is 19.7. The summed E-state index contributed by atoms with van der Waals surface area (Å²) in [5.74, 6) is 0.660. The topological polar surface area (TPSA) is 94.2 Å². The van der Waals surface area contributed by atoms with Gasteiger partial charge in [-0.2, -0.15) is 0 Å². The molecule has 1 fully saturated rings. The number of nitrogens with zero attached hydrogens (tertiary/aromatic N) is 1. The SMILES string of the molecule is CCOc1ccc(NC(=O)CN2C(=O)S/C(=C/c3cc(I)c(OCc4ccc(Cl)c(Cl)c4)c(OCC)c3)C2=O)cc1. The number of hydrogen-bond acceptors (Lipinski definition) is 7. The molecule has 3 aromatic rings. The predicted molar refractivity (Wildman–Crippen MR) is 170 cm³/mol. The molecule has 1 aliphatic rings.